The molecule has 0 aromatic rings. The second-order valence-electron chi connectivity index (χ2n) is 5.26. The highest BCUT2D eigenvalue weighted by Gasteiger charge is 1.95. The van der Waals surface area contributed by atoms with E-state index >= 15 is 0 Å². The maximum absolute atomic E-state index is 4.09. The van der Waals surface area contributed by atoms with Gasteiger partial charge in [-0.15, -0.1) is 11.8 Å². The van der Waals surface area contributed by atoms with Crippen LogP contribution in [0, 0.1) is 0 Å². The van der Waals surface area contributed by atoms with Gasteiger partial charge in [-0.3, -0.25) is 0 Å². The van der Waals surface area contributed by atoms with Crippen LogP contribution in [0.3, 0.4) is 0 Å². The lowest BCUT2D eigenvalue weighted by Gasteiger charge is -2.04. The van der Waals surface area contributed by atoms with E-state index in [1.54, 1.807) is 0 Å². The normalized spacial score (nSPS) is 10.8. The summed E-state index contributed by atoms with van der Waals surface area (Å²) in [7, 11) is 0. The van der Waals surface area contributed by atoms with Gasteiger partial charge in [0.2, 0.25) is 0 Å². The number of thioether (sulfide) groups is 1. The summed E-state index contributed by atoms with van der Waals surface area (Å²) in [6, 6.07) is 0. The van der Waals surface area contributed by atoms with Crippen LogP contribution >= 0.6 is 11.8 Å². The summed E-state index contributed by atoms with van der Waals surface area (Å²) in [5, 5.41) is 0. The van der Waals surface area contributed by atoms with E-state index in [1.165, 1.54) is 87.7 Å². The van der Waals surface area contributed by atoms with Crippen molar-refractivity contribution in [3.05, 3.63) is 11.5 Å². The van der Waals surface area contributed by atoms with Crippen LogP contribution in [0.25, 0.3) is 0 Å². The van der Waals surface area contributed by atoms with Crippen LogP contribution < -0.4 is 0 Å². The molecule has 0 radical (unpaired) electrons. The molecule has 0 nitrogen and oxygen atoms in total. The van der Waals surface area contributed by atoms with E-state index in [9.17, 15) is 0 Å². The Morgan fingerprint density at radius 3 is 1.61 bits per heavy atom. The van der Waals surface area contributed by atoms with E-state index in [0.717, 1.165) is 0 Å². The largest absolute Gasteiger partial charge is 0.132 e. The molecule has 0 aliphatic carbocycles. The SMILES string of the molecule is C=C(CCCCCCCCCCCCC)SCC. The van der Waals surface area contributed by atoms with Gasteiger partial charge in [0.15, 0.2) is 0 Å². The molecule has 108 valence electrons. The second-order valence-corrected chi connectivity index (χ2v) is 6.70. The minimum Gasteiger partial charge on any atom is -0.132 e. The molecule has 0 aliphatic heterocycles. The Bertz CT molecular complexity index is 174. The van der Waals surface area contributed by atoms with Gasteiger partial charge in [-0.05, 0) is 23.5 Å². The third-order valence-electron chi connectivity index (χ3n) is 3.41. The lowest BCUT2D eigenvalue weighted by Crippen LogP contribution is -1.83. The van der Waals surface area contributed by atoms with Gasteiger partial charge in [0, 0.05) is 0 Å². The van der Waals surface area contributed by atoms with Crippen LogP contribution in [0.2, 0.25) is 0 Å². The lowest BCUT2D eigenvalue weighted by molar-refractivity contribution is 0.550. The maximum atomic E-state index is 4.09. The van der Waals surface area contributed by atoms with E-state index in [1.807, 2.05) is 11.8 Å². The zero-order chi connectivity index (χ0) is 13.5. The maximum Gasteiger partial charge on any atom is -0.00519 e. The topological polar surface area (TPSA) is 0 Å². The fourth-order valence-corrected chi connectivity index (χ4v) is 2.96. The van der Waals surface area contributed by atoms with E-state index < -0.39 is 0 Å². The van der Waals surface area contributed by atoms with Crippen LogP contribution in [0.15, 0.2) is 11.5 Å². The van der Waals surface area contributed by atoms with Crippen LogP contribution in [-0.4, -0.2) is 5.75 Å². The summed E-state index contributed by atoms with van der Waals surface area (Å²) < 4.78 is 0. The van der Waals surface area contributed by atoms with E-state index in [0.29, 0.717) is 0 Å². The zero-order valence-electron chi connectivity index (χ0n) is 12.8. The molecule has 0 bridgehead atoms. The molecule has 1 heteroatoms. The Morgan fingerprint density at radius 1 is 0.722 bits per heavy atom. The Hall–Kier alpha value is 0.0900. The molecule has 0 aromatic carbocycles. The van der Waals surface area contributed by atoms with Crippen LogP contribution in [0.5, 0.6) is 0 Å². The summed E-state index contributed by atoms with van der Waals surface area (Å²) >= 11 is 1.92. The van der Waals surface area contributed by atoms with Gasteiger partial charge < -0.3 is 0 Å². The van der Waals surface area contributed by atoms with Crippen molar-refractivity contribution in [2.24, 2.45) is 0 Å². The van der Waals surface area contributed by atoms with E-state index in [4.69, 9.17) is 0 Å². The molecule has 0 N–H and O–H groups in total. The molecule has 0 saturated heterocycles. The molecule has 0 atom stereocenters. The monoisotopic (exact) mass is 270 g/mol. The molecule has 18 heavy (non-hydrogen) atoms. The summed E-state index contributed by atoms with van der Waals surface area (Å²) in [6.07, 6.45) is 16.9. The van der Waals surface area contributed by atoms with Crippen molar-refractivity contribution in [3.8, 4) is 0 Å². The molecule has 0 saturated carbocycles. The Morgan fingerprint density at radius 2 is 1.17 bits per heavy atom. The summed E-state index contributed by atoms with van der Waals surface area (Å²) in [4.78, 5) is 1.38. The smallest absolute Gasteiger partial charge is 0.00519 e. The summed E-state index contributed by atoms with van der Waals surface area (Å²) in [5.41, 5.74) is 0. The molecule has 0 fully saturated rings. The molecule has 0 aliphatic rings. The molecule has 0 rings (SSSR count). The van der Waals surface area contributed by atoms with Gasteiger partial charge in [0.1, 0.15) is 0 Å². The predicted octanol–water partition coefficient (Wildman–Crippen LogP) is 6.95. The number of hydrogen-bond donors (Lipinski definition) is 0. The van der Waals surface area contributed by atoms with Gasteiger partial charge >= 0.3 is 0 Å². The Kier molecular flexibility index (Phi) is 15.2. The minimum absolute atomic E-state index is 1.18. The highest BCUT2D eigenvalue weighted by molar-refractivity contribution is 8.03. The van der Waals surface area contributed by atoms with Gasteiger partial charge in [-0.1, -0.05) is 84.6 Å². The third-order valence-corrected chi connectivity index (χ3v) is 4.31. The number of unbranched alkanes of at least 4 members (excludes halogenated alkanes) is 10. The zero-order valence-corrected chi connectivity index (χ0v) is 13.6. The lowest BCUT2D eigenvalue weighted by atomic mass is 10.1. The number of allylic oxidation sites excluding steroid dienone is 1. The highest BCUT2D eigenvalue weighted by Crippen LogP contribution is 2.20. The molecule has 0 heterocycles. The first kappa shape index (κ1) is 18.1. The summed E-state index contributed by atoms with van der Waals surface area (Å²) in [6.45, 7) is 8.58. The quantitative estimate of drug-likeness (QED) is 0.308. The van der Waals surface area contributed by atoms with Crippen LogP contribution in [0.4, 0.5) is 0 Å². The Balaban J connectivity index is 3.01. The van der Waals surface area contributed by atoms with Crippen molar-refractivity contribution in [1.29, 1.82) is 0 Å². The molecular formula is C17H34S. The van der Waals surface area contributed by atoms with Crippen LogP contribution in [-0.2, 0) is 0 Å². The van der Waals surface area contributed by atoms with Crippen LogP contribution in [0.1, 0.15) is 90.9 Å². The number of rotatable bonds is 14. The van der Waals surface area contributed by atoms with E-state index in [2.05, 4.69) is 20.4 Å². The fraction of sp³-hybridized carbons (Fsp3) is 0.882. The third kappa shape index (κ3) is 14.2. The van der Waals surface area contributed by atoms with Gasteiger partial charge in [0.05, 0.1) is 0 Å². The predicted molar refractivity (Wildman–Crippen MR) is 88.4 cm³/mol. The first-order valence-electron chi connectivity index (χ1n) is 8.11. The average molecular weight is 271 g/mol. The van der Waals surface area contributed by atoms with Gasteiger partial charge in [0.25, 0.3) is 0 Å². The molecule has 0 spiro atoms. The molecular weight excluding hydrogens is 236 g/mol. The molecule has 0 unspecified atom stereocenters. The first-order chi connectivity index (χ1) is 8.81. The molecule has 0 aromatic heterocycles. The first-order valence-corrected chi connectivity index (χ1v) is 9.10. The van der Waals surface area contributed by atoms with Crippen molar-refractivity contribution >= 4 is 11.8 Å². The number of hydrogen-bond acceptors (Lipinski definition) is 1. The fourth-order valence-electron chi connectivity index (χ4n) is 2.26. The summed E-state index contributed by atoms with van der Waals surface area (Å²) in [5.74, 6) is 1.18. The van der Waals surface area contributed by atoms with Crippen molar-refractivity contribution < 1.29 is 0 Å². The van der Waals surface area contributed by atoms with Crippen molar-refractivity contribution in [3.63, 3.8) is 0 Å². The van der Waals surface area contributed by atoms with E-state index in [-0.39, 0.29) is 0 Å². The standard InChI is InChI=1S/C17H34S/c1-4-6-7-8-9-10-11-12-13-14-15-16-17(3)18-5-2/h3-16H2,1-2H3. The second kappa shape index (κ2) is 15.1. The Labute approximate surface area is 120 Å². The van der Waals surface area contributed by atoms with Gasteiger partial charge in [-0.2, -0.15) is 0 Å². The van der Waals surface area contributed by atoms with Crippen molar-refractivity contribution in [2.45, 2.75) is 90.9 Å². The average Bonchev–Trinajstić information content (AvgIpc) is 2.36. The minimum atomic E-state index is 1.18. The van der Waals surface area contributed by atoms with Crippen molar-refractivity contribution in [1.82, 2.24) is 0 Å². The van der Waals surface area contributed by atoms with Gasteiger partial charge in [-0.25, -0.2) is 0 Å². The van der Waals surface area contributed by atoms with Crippen molar-refractivity contribution in [2.75, 3.05) is 5.75 Å². The highest BCUT2D eigenvalue weighted by atomic mass is 32.2. The molecule has 0 amide bonds.